The van der Waals surface area contributed by atoms with Gasteiger partial charge in [0.05, 0.1) is 11.4 Å². The van der Waals surface area contributed by atoms with Gasteiger partial charge in [-0.1, -0.05) is 29.7 Å². The summed E-state index contributed by atoms with van der Waals surface area (Å²) in [5.41, 5.74) is 6.24. The predicted molar refractivity (Wildman–Crippen MR) is 82.8 cm³/mol. The molecule has 0 spiro atoms. The van der Waals surface area contributed by atoms with Gasteiger partial charge in [-0.05, 0) is 24.3 Å². The second kappa shape index (κ2) is 6.09. The van der Waals surface area contributed by atoms with E-state index < -0.39 is 0 Å². The van der Waals surface area contributed by atoms with Gasteiger partial charge < -0.3 is 5.73 Å². The van der Waals surface area contributed by atoms with Crippen LogP contribution in [-0.2, 0) is 5.75 Å². The Morgan fingerprint density at radius 3 is 3.10 bits per heavy atom. The molecule has 0 aliphatic heterocycles. The molecular formula is C14H12N4S2. The summed E-state index contributed by atoms with van der Waals surface area (Å²) < 4.78 is 1.99. The summed E-state index contributed by atoms with van der Waals surface area (Å²) in [5.74, 6) is 6.78. The molecule has 0 fully saturated rings. The third-order valence-corrected chi connectivity index (χ3v) is 4.78. The lowest BCUT2D eigenvalue weighted by molar-refractivity contribution is 0.921. The molecule has 3 aromatic rings. The van der Waals surface area contributed by atoms with Gasteiger partial charge in [0.15, 0.2) is 10.8 Å². The Balaban J connectivity index is 1.71. The summed E-state index contributed by atoms with van der Waals surface area (Å²) in [7, 11) is 0. The number of nitrogens with two attached hydrogens (primary N) is 1. The lowest BCUT2D eigenvalue weighted by Crippen LogP contribution is -1.92. The van der Waals surface area contributed by atoms with Crippen molar-refractivity contribution in [2.24, 2.45) is 5.73 Å². The van der Waals surface area contributed by atoms with Gasteiger partial charge in [0.1, 0.15) is 0 Å². The number of thiophene rings is 1. The van der Waals surface area contributed by atoms with Crippen molar-refractivity contribution in [2.45, 2.75) is 10.9 Å². The van der Waals surface area contributed by atoms with Crippen LogP contribution in [-0.4, -0.2) is 21.1 Å². The predicted octanol–water partition coefficient (Wildman–Crippen LogP) is 2.39. The first-order chi connectivity index (χ1) is 9.86. The first kappa shape index (κ1) is 13.2. The van der Waals surface area contributed by atoms with E-state index in [1.807, 2.05) is 34.9 Å². The molecule has 0 aliphatic carbocycles. The van der Waals surface area contributed by atoms with Crippen LogP contribution in [0.25, 0.3) is 5.65 Å². The highest BCUT2D eigenvalue weighted by atomic mass is 32.2. The summed E-state index contributed by atoms with van der Waals surface area (Å²) in [4.78, 5) is 2.32. The molecule has 0 radical (unpaired) electrons. The van der Waals surface area contributed by atoms with Crippen LogP contribution in [0.15, 0.2) is 41.7 Å². The molecular weight excluding hydrogens is 288 g/mol. The Hall–Kier alpha value is -1.81. The van der Waals surface area contributed by atoms with Crippen molar-refractivity contribution in [2.75, 3.05) is 6.54 Å². The molecule has 0 unspecified atom stereocenters. The molecule has 0 saturated heterocycles. The highest BCUT2D eigenvalue weighted by molar-refractivity contribution is 7.98. The maximum atomic E-state index is 5.37. The second-order valence-electron chi connectivity index (χ2n) is 3.97. The Kier molecular flexibility index (Phi) is 4.02. The summed E-state index contributed by atoms with van der Waals surface area (Å²) in [6.45, 7) is 0.397. The van der Waals surface area contributed by atoms with Crippen molar-refractivity contribution >= 4 is 28.7 Å². The topological polar surface area (TPSA) is 56.2 Å². The number of nitrogens with zero attached hydrogens (tertiary/aromatic N) is 3. The van der Waals surface area contributed by atoms with Crippen molar-refractivity contribution in [1.82, 2.24) is 14.6 Å². The van der Waals surface area contributed by atoms with Gasteiger partial charge in [-0.15, -0.1) is 21.5 Å². The maximum Gasteiger partial charge on any atom is 0.195 e. The normalized spacial score (nSPS) is 10.4. The fraction of sp³-hybridized carbons (Fsp3) is 0.143. The summed E-state index contributed by atoms with van der Waals surface area (Å²) in [6.07, 6.45) is 1.98. The Morgan fingerprint density at radius 2 is 2.20 bits per heavy atom. The first-order valence-corrected chi connectivity index (χ1v) is 7.87. The van der Waals surface area contributed by atoms with Gasteiger partial charge in [-0.25, -0.2) is 0 Å². The van der Waals surface area contributed by atoms with Gasteiger partial charge in [0.25, 0.3) is 0 Å². The largest absolute Gasteiger partial charge is 0.320 e. The molecule has 0 amide bonds. The van der Waals surface area contributed by atoms with E-state index >= 15 is 0 Å². The molecule has 20 heavy (non-hydrogen) atoms. The standard InChI is InChI=1S/C14H12N4S2/c15-8-3-4-11-6-7-12(20-11)10-19-14-17-16-13-5-1-2-9-18(13)14/h1-2,5-7,9H,8,10,15H2. The van der Waals surface area contributed by atoms with Gasteiger partial charge in [-0.2, -0.15) is 0 Å². The summed E-state index contributed by atoms with van der Waals surface area (Å²) in [5, 5.41) is 9.24. The lowest BCUT2D eigenvalue weighted by atomic mass is 10.4. The van der Waals surface area contributed by atoms with Crippen molar-refractivity contribution in [3.8, 4) is 11.8 Å². The highest BCUT2D eigenvalue weighted by Crippen LogP contribution is 2.25. The van der Waals surface area contributed by atoms with E-state index in [2.05, 4.69) is 28.1 Å². The van der Waals surface area contributed by atoms with Gasteiger partial charge in [-0.3, -0.25) is 4.40 Å². The Labute approximate surface area is 125 Å². The summed E-state index contributed by atoms with van der Waals surface area (Å²) in [6, 6.07) is 10.0. The van der Waals surface area contributed by atoms with Crippen LogP contribution in [0.1, 0.15) is 9.75 Å². The monoisotopic (exact) mass is 300 g/mol. The van der Waals surface area contributed by atoms with Crippen molar-refractivity contribution in [1.29, 1.82) is 0 Å². The van der Waals surface area contributed by atoms with Crippen LogP contribution in [0.2, 0.25) is 0 Å². The number of hydrogen-bond donors (Lipinski definition) is 1. The number of hydrogen-bond acceptors (Lipinski definition) is 5. The van der Waals surface area contributed by atoms with Gasteiger partial charge >= 0.3 is 0 Å². The molecule has 0 atom stereocenters. The Bertz CT molecular complexity index is 779. The minimum absolute atomic E-state index is 0.397. The molecule has 4 nitrogen and oxygen atoms in total. The molecule has 0 saturated carbocycles. The van der Waals surface area contributed by atoms with E-state index in [0.29, 0.717) is 6.54 Å². The van der Waals surface area contributed by atoms with Crippen LogP contribution in [0.5, 0.6) is 0 Å². The molecule has 0 aliphatic rings. The number of rotatable bonds is 3. The zero-order valence-corrected chi connectivity index (χ0v) is 12.2. The van der Waals surface area contributed by atoms with Crippen molar-refractivity contribution < 1.29 is 0 Å². The third kappa shape index (κ3) is 2.85. The number of pyridine rings is 1. The molecule has 2 N–H and O–H groups in total. The molecule has 0 bridgehead atoms. The van der Waals surface area contributed by atoms with E-state index in [1.54, 1.807) is 23.1 Å². The van der Waals surface area contributed by atoms with Crippen LogP contribution >= 0.6 is 23.1 Å². The minimum Gasteiger partial charge on any atom is -0.320 e. The van der Waals surface area contributed by atoms with E-state index in [0.717, 1.165) is 21.4 Å². The van der Waals surface area contributed by atoms with Gasteiger partial charge in [0.2, 0.25) is 0 Å². The van der Waals surface area contributed by atoms with Gasteiger partial charge in [0, 0.05) is 16.8 Å². The fourth-order valence-corrected chi connectivity index (χ4v) is 3.56. The van der Waals surface area contributed by atoms with E-state index in [9.17, 15) is 0 Å². The highest BCUT2D eigenvalue weighted by Gasteiger charge is 2.06. The zero-order valence-electron chi connectivity index (χ0n) is 10.6. The molecule has 0 aromatic carbocycles. The Morgan fingerprint density at radius 1 is 1.25 bits per heavy atom. The number of thioether (sulfide) groups is 1. The average molecular weight is 300 g/mol. The number of aromatic nitrogens is 3. The van der Waals surface area contributed by atoms with Crippen LogP contribution in [0.4, 0.5) is 0 Å². The molecule has 6 heteroatoms. The number of fused-ring (bicyclic) bond motifs is 1. The molecule has 3 heterocycles. The van der Waals surface area contributed by atoms with Crippen LogP contribution in [0.3, 0.4) is 0 Å². The maximum absolute atomic E-state index is 5.37. The first-order valence-electron chi connectivity index (χ1n) is 6.07. The smallest absolute Gasteiger partial charge is 0.195 e. The van der Waals surface area contributed by atoms with E-state index in [-0.39, 0.29) is 0 Å². The van der Waals surface area contributed by atoms with Crippen molar-refractivity contribution in [3.63, 3.8) is 0 Å². The average Bonchev–Trinajstić information content (AvgIpc) is 3.10. The van der Waals surface area contributed by atoms with E-state index in [1.165, 1.54) is 4.88 Å². The zero-order chi connectivity index (χ0) is 13.8. The lowest BCUT2D eigenvalue weighted by Gasteiger charge is -1.97. The quantitative estimate of drug-likeness (QED) is 0.596. The SMILES string of the molecule is NCC#Cc1ccc(CSc2nnc3ccccn23)s1. The van der Waals surface area contributed by atoms with Crippen LogP contribution in [0, 0.1) is 11.8 Å². The summed E-state index contributed by atoms with van der Waals surface area (Å²) >= 11 is 3.37. The second-order valence-corrected chi connectivity index (χ2v) is 6.08. The fourth-order valence-electron chi connectivity index (χ4n) is 1.71. The third-order valence-electron chi connectivity index (χ3n) is 2.60. The molecule has 3 aromatic heterocycles. The van der Waals surface area contributed by atoms with Crippen molar-refractivity contribution in [3.05, 3.63) is 46.3 Å². The van der Waals surface area contributed by atoms with Crippen LogP contribution < -0.4 is 5.73 Å². The molecule has 3 rings (SSSR count). The minimum atomic E-state index is 0.397. The molecule has 100 valence electrons. The van der Waals surface area contributed by atoms with E-state index in [4.69, 9.17) is 5.73 Å².